The molecule has 2 amide bonds. The van der Waals surface area contributed by atoms with Gasteiger partial charge in [-0.15, -0.1) is 11.3 Å². The summed E-state index contributed by atoms with van der Waals surface area (Å²) in [5.74, 6) is 0.554. The van der Waals surface area contributed by atoms with Gasteiger partial charge in [0.15, 0.2) is 11.5 Å². The Labute approximate surface area is 183 Å². The molecule has 30 heavy (non-hydrogen) atoms. The lowest BCUT2D eigenvalue weighted by molar-refractivity contribution is -0.128. The number of nitrogens with zero attached hydrogens (tertiary/aromatic N) is 1. The topological polar surface area (TPSA) is 89.5 Å². The van der Waals surface area contributed by atoms with Crippen LogP contribution in [0.3, 0.4) is 0 Å². The summed E-state index contributed by atoms with van der Waals surface area (Å²) < 4.78 is 10.6. The lowest BCUT2D eigenvalue weighted by Crippen LogP contribution is -2.43. The third kappa shape index (κ3) is 5.71. The molecule has 0 atom stereocenters. The molecule has 0 aliphatic carbocycles. The molecule has 2 N–H and O–H groups in total. The predicted octanol–water partition coefficient (Wildman–Crippen LogP) is 3.41. The maximum atomic E-state index is 12.1. The van der Waals surface area contributed by atoms with Crippen molar-refractivity contribution in [3.63, 3.8) is 0 Å². The molecule has 1 heterocycles. The summed E-state index contributed by atoms with van der Waals surface area (Å²) in [7, 11) is 3.15. The van der Waals surface area contributed by atoms with Crippen molar-refractivity contribution < 1.29 is 19.1 Å². The number of aromatic nitrogens is 1. The van der Waals surface area contributed by atoms with Gasteiger partial charge >= 0.3 is 0 Å². The van der Waals surface area contributed by atoms with E-state index in [0.717, 1.165) is 16.1 Å². The van der Waals surface area contributed by atoms with Gasteiger partial charge in [-0.2, -0.15) is 0 Å². The van der Waals surface area contributed by atoms with Gasteiger partial charge in [0.25, 0.3) is 0 Å². The highest BCUT2D eigenvalue weighted by Crippen LogP contribution is 2.33. The maximum absolute atomic E-state index is 12.1. The molecule has 0 aliphatic rings. The molecule has 156 valence electrons. The van der Waals surface area contributed by atoms with E-state index in [1.165, 1.54) is 11.3 Å². The molecule has 2 aromatic carbocycles. The van der Waals surface area contributed by atoms with Crippen molar-refractivity contribution in [2.45, 2.75) is 12.8 Å². The average Bonchev–Trinajstić information content (AvgIpc) is 3.21. The SMILES string of the molecule is COc1ccc(-c2nc(CC(=O)NNC(=O)Cc3ccc(Cl)cc3)cs2)cc1OC. The molecule has 3 aromatic rings. The van der Waals surface area contributed by atoms with E-state index in [4.69, 9.17) is 21.1 Å². The average molecular weight is 446 g/mol. The third-order valence-corrected chi connectivity index (χ3v) is 5.34. The van der Waals surface area contributed by atoms with Gasteiger partial charge in [-0.25, -0.2) is 4.98 Å². The van der Waals surface area contributed by atoms with Crippen molar-refractivity contribution >= 4 is 34.8 Å². The Balaban J connectivity index is 1.53. The quantitative estimate of drug-likeness (QED) is 0.544. The monoisotopic (exact) mass is 445 g/mol. The number of rotatable bonds is 7. The van der Waals surface area contributed by atoms with Crippen LogP contribution in [0.4, 0.5) is 0 Å². The first-order valence-corrected chi connectivity index (χ1v) is 10.2. The first-order valence-electron chi connectivity index (χ1n) is 8.97. The zero-order chi connectivity index (χ0) is 21.5. The van der Waals surface area contributed by atoms with Crippen molar-refractivity contribution in [2.24, 2.45) is 0 Å². The molecule has 0 saturated carbocycles. The number of halogens is 1. The van der Waals surface area contributed by atoms with Crippen LogP contribution < -0.4 is 20.3 Å². The number of ether oxygens (including phenoxy) is 2. The molecule has 0 aliphatic heterocycles. The number of hydrogen-bond donors (Lipinski definition) is 2. The molecule has 0 bridgehead atoms. The number of amides is 2. The second-order valence-corrected chi connectivity index (χ2v) is 7.58. The summed E-state index contributed by atoms with van der Waals surface area (Å²) in [6.45, 7) is 0. The molecule has 9 heteroatoms. The molecule has 0 radical (unpaired) electrons. The van der Waals surface area contributed by atoms with Gasteiger partial charge in [0.1, 0.15) is 5.01 Å². The van der Waals surface area contributed by atoms with E-state index in [1.54, 1.807) is 49.9 Å². The number of benzene rings is 2. The second-order valence-electron chi connectivity index (χ2n) is 6.29. The van der Waals surface area contributed by atoms with Crippen LogP contribution in [0.1, 0.15) is 11.3 Å². The van der Waals surface area contributed by atoms with E-state index in [2.05, 4.69) is 15.8 Å². The Bertz CT molecular complexity index is 1040. The summed E-state index contributed by atoms with van der Waals surface area (Å²) in [6, 6.07) is 12.4. The fourth-order valence-corrected chi connectivity index (χ4v) is 3.61. The minimum atomic E-state index is -0.358. The summed E-state index contributed by atoms with van der Waals surface area (Å²) >= 11 is 7.24. The summed E-state index contributed by atoms with van der Waals surface area (Å²) in [4.78, 5) is 28.6. The van der Waals surface area contributed by atoms with Crippen LogP contribution in [-0.4, -0.2) is 31.0 Å². The van der Waals surface area contributed by atoms with Gasteiger partial charge in [-0.1, -0.05) is 23.7 Å². The van der Waals surface area contributed by atoms with Gasteiger partial charge < -0.3 is 9.47 Å². The predicted molar refractivity (Wildman–Crippen MR) is 116 cm³/mol. The first kappa shape index (κ1) is 21.6. The zero-order valence-electron chi connectivity index (χ0n) is 16.4. The molecule has 1 aromatic heterocycles. The Hall–Kier alpha value is -3.10. The Morgan fingerprint density at radius 2 is 1.63 bits per heavy atom. The minimum absolute atomic E-state index is 0.0466. The van der Waals surface area contributed by atoms with Crippen molar-refractivity contribution in [1.29, 1.82) is 0 Å². The summed E-state index contributed by atoms with van der Waals surface area (Å²) in [5, 5.41) is 3.16. The van der Waals surface area contributed by atoms with Gasteiger partial charge in [0.2, 0.25) is 11.8 Å². The van der Waals surface area contributed by atoms with E-state index in [1.807, 2.05) is 12.1 Å². The first-order chi connectivity index (χ1) is 14.5. The molecule has 0 fully saturated rings. The van der Waals surface area contributed by atoms with Crippen LogP contribution in [0.2, 0.25) is 5.02 Å². The highest BCUT2D eigenvalue weighted by molar-refractivity contribution is 7.13. The molecule has 0 unspecified atom stereocenters. The van der Waals surface area contributed by atoms with Gasteiger partial charge in [0.05, 0.1) is 32.8 Å². The maximum Gasteiger partial charge on any atom is 0.244 e. The molecule has 7 nitrogen and oxygen atoms in total. The largest absolute Gasteiger partial charge is 0.493 e. The van der Waals surface area contributed by atoms with Crippen LogP contribution in [0, 0.1) is 0 Å². The summed E-state index contributed by atoms with van der Waals surface area (Å²) in [5.41, 5.74) is 7.08. The number of carbonyl (C=O) groups is 2. The second kappa shape index (κ2) is 10.1. The smallest absolute Gasteiger partial charge is 0.244 e. The molecule has 3 rings (SSSR count). The fourth-order valence-electron chi connectivity index (χ4n) is 2.67. The number of thiazole rings is 1. The van der Waals surface area contributed by atoms with E-state index < -0.39 is 0 Å². The molecule has 0 spiro atoms. The number of carbonyl (C=O) groups excluding carboxylic acids is 2. The van der Waals surface area contributed by atoms with Crippen molar-refractivity contribution in [1.82, 2.24) is 15.8 Å². The van der Waals surface area contributed by atoms with Crippen LogP contribution >= 0.6 is 22.9 Å². The molecular weight excluding hydrogens is 426 g/mol. The highest BCUT2D eigenvalue weighted by atomic mass is 35.5. The summed E-state index contributed by atoms with van der Waals surface area (Å²) in [6.07, 6.45) is 0.183. The van der Waals surface area contributed by atoms with Crippen molar-refractivity contribution in [2.75, 3.05) is 14.2 Å². The number of nitrogens with one attached hydrogen (secondary N) is 2. The van der Waals surface area contributed by atoms with Crippen molar-refractivity contribution in [3.05, 3.63) is 64.1 Å². The van der Waals surface area contributed by atoms with Crippen LogP contribution in [-0.2, 0) is 22.4 Å². The number of hydrogen-bond acceptors (Lipinski definition) is 6. The highest BCUT2D eigenvalue weighted by Gasteiger charge is 2.12. The zero-order valence-corrected chi connectivity index (χ0v) is 18.0. The Kier molecular flexibility index (Phi) is 7.26. The normalized spacial score (nSPS) is 10.4. The van der Waals surface area contributed by atoms with Crippen LogP contribution in [0.15, 0.2) is 47.8 Å². The van der Waals surface area contributed by atoms with Crippen LogP contribution in [0.5, 0.6) is 11.5 Å². The Morgan fingerprint density at radius 3 is 2.30 bits per heavy atom. The lowest BCUT2D eigenvalue weighted by Gasteiger charge is -2.08. The molecular formula is C21H20ClN3O4S. The molecule has 0 saturated heterocycles. The van der Waals surface area contributed by atoms with E-state index in [0.29, 0.717) is 22.2 Å². The standard InChI is InChI=1S/C21H20ClN3O4S/c1-28-17-8-5-14(10-18(17)29-2)21-23-16(12-30-21)11-20(27)25-24-19(26)9-13-3-6-15(22)7-4-13/h3-8,10,12H,9,11H2,1-2H3,(H,24,26)(H,25,27). The fraction of sp³-hybridized carbons (Fsp3) is 0.190. The minimum Gasteiger partial charge on any atom is -0.493 e. The number of methoxy groups -OCH3 is 2. The van der Waals surface area contributed by atoms with E-state index in [9.17, 15) is 9.59 Å². The number of hydrazine groups is 1. The van der Waals surface area contributed by atoms with Gasteiger partial charge in [0, 0.05) is 16.0 Å². The third-order valence-electron chi connectivity index (χ3n) is 4.14. The Morgan fingerprint density at radius 1 is 0.967 bits per heavy atom. The van der Waals surface area contributed by atoms with E-state index >= 15 is 0 Å². The lowest BCUT2D eigenvalue weighted by atomic mass is 10.1. The van der Waals surface area contributed by atoms with Crippen molar-refractivity contribution in [3.8, 4) is 22.1 Å². The van der Waals surface area contributed by atoms with E-state index in [-0.39, 0.29) is 24.7 Å². The van der Waals surface area contributed by atoms with Gasteiger partial charge in [-0.3, -0.25) is 20.4 Å². The van der Waals surface area contributed by atoms with Gasteiger partial charge in [-0.05, 0) is 35.9 Å². The van der Waals surface area contributed by atoms with Crippen LogP contribution in [0.25, 0.3) is 10.6 Å².